The largest absolute Gasteiger partial charge is 0.336 e. The van der Waals surface area contributed by atoms with Crippen molar-refractivity contribution in [1.82, 2.24) is 19.0 Å². The standard InChI is InChI=1S/C24H26Cl2F2N4O4S/c1-29(23(33)16-4-6-20(27)21(28)12-16)22-14-31(13-17(22)15-3-5-18(25)19(26)11-15)24(34)30-7-9-32(10-8-30)37(2,35)36/h3-6,11-12,17,22H,7-10,13-14H2,1-2H3/t17-,22+/m0/s1. The third-order valence-electron chi connectivity index (χ3n) is 6.89. The smallest absolute Gasteiger partial charge is 0.320 e. The van der Waals surface area contributed by atoms with Crippen molar-refractivity contribution in [2.24, 2.45) is 0 Å². The van der Waals surface area contributed by atoms with Crippen molar-refractivity contribution in [3.8, 4) is 0 Å². The summed E-state index contributed by atoms with van der Waals surface area (Å²) in [6.45, 7) is 1.34. The van der Waals surface area contributed by atoms with Crippen molar-refractivity contribution in [2.45, 2.75) is 12.0 Å². The lowest BCUT2D eigenvalue weighted by Gasteiger charge is -2.35. The molecule has 0 spiro atoms. The number of urea groups is 1. The fraction of sp³-hybridized carbons (Fsp3) is 0.417. The van der Waals surface area contributed by atoms with Crippen LogP contribution in [0.3, 0.4) is 0 Å². The molecule has 0 bridgehead atoms. The molecule has 4 rings (SSSR count). The fourth-order valence-corrected chi connectivity index (χ4v) is 5.93. The summed E-state index contributed by atoms with van der Waals surface area (Å²) in [6.07, 6.45) is 1.14. The lowest BCUT2D eigenvalue weighted by Crippen LogP contribution is -2.53. The van der Waals surface area contributed by atoms with E-state index in [9.17, 15) is 26.8 Å². The predicted molar refractivity (Wildman–Crippen MR) is 136 cm³/mol. The van der Waals surface area contributed by atoms with E-state index in [0.29, 0.717) is 10.0 Å². The van der Waals surface area contributed by atoms with E-state index < -0.39 is 33.6 Å². The highest BCUT2D eigenvalue weighted by molar-refractivity contribution is 7.88. The highest BCUT2D eigenvalue weighted by Gasteiger charge is 2.42. The molecular formula is C24H26Cl2F2N4O4S. The normalized spacial score (nSPS) is 20.8. The number of carbonyl (C=O) groups is 2. The van der Waals surface area contributed by atoms with E-state index in [2.05, 4.69) is 0 Å². The van der Waals surface area contributed by atoms with Crippen LogP contribution >= 0.6 is 23.2 Å². The molecule has 0 N–H and O–H groups in total. The van der Waals surface area contributed by atoms with E-state index >= 15 is 0 Å². The zero-order valence-corrected chi connectivity index (χ0v) is 22.5. The van der Waals surface area contributed by atoms with Crippen LogP contribution in [0.1, 0.15) is 21.8 Å². The summed E-state index contributed by atoms with van der Waals surface area (Å²) in [5, 5.41) is 0.692. The predicted octanol–water partition coefficient (Wildman–Crippen LogP) is 3.51. The summed E-state index contributed by atoms with van der Waals surface area (Å²) >= 11 is 12.3. The second-order valence-corrected chi connectivity index (χ2v) is 12.0. The molecule has 0 aliphatic carbocycles. The lowest BCUT2D eigenvalue weighted by molar-refractivity contribution is 0.0722. The average Bonchev–Trinajstić information content (AvgIpc) is 3.31. The zero-order chi connectivity index (χ0) is 27.1. The number of amides is 3. The first kappa shape index (κ1) is 27.6. The Labute approximate surface area is 224 Å². The molecule has 0 unspecified atom stereocenters. The quantitative estimate of drug-likeness (QED) is 0.559. The Kier molecular flexibility index (Phi) is 7.99. The maximum Gasteiger partial charge on any atom is 0.320 e. The monoisotopic (exact) mass is 574 g/mol. The molecule has 2 aliphatic rings. The van der Waals surface area contributed by atoms with Crippen LogP contribution in [-0.4, -0.2) is 98.0 Å². The molecular weight excluding hydrogens is 549 g/mol. The molecule has 2 aromatic carbocycles. The molecule has 2 saturated heterocycles. The molecule has 0 aromatic heterocycles. The van der Waals surface area contributed by atoms with E-state index in [1.165, 1.54) is 15.3 Å². The average molecular weight is 575 g/mol. The van der Waals surface area contributed by atoms with Gasteiger partial charge in [-0.3, -0.25) is 4.79 Å². The molecule has 2 aromatic rings. The van der Waals surface area contributed by atoms with Gasteiger partial charge in [0.25, 0.3) is 5.91 Å². The van der Waals surface area contributed by atoms with Crippen LogP contribution in [0, 0.1) is 11.6 Å². The Morgan fingerprint density at radius 3 is 2.19 bits per heavy atom. The number of sulfonamides is 1. The van der Waals surface area contributed by atoms with Crippen LogP contribution in [0.25, 0.3) is 0 Å². The molecule has 3 amide bonds. The first-order valence-corrected chi connectivity index (χ1v) is 14.1. The number of hydrogen-bond acceptors (Lipinski definition) is 4. The van der Waals surface area contributed by atoms with Gasteiger partial charge in [0.05, 0.1) is 22.3 Å². The van der Waals surface area contributed by atoms with Crippen LogP contribution in [-0.2, 0) is 10.0 Å². The molecule has 0 saturated carbocycles. The Balaban J connectivity index is 1.58. The van der Waals surface area contributed by atoms with Gasteiger partial charge < -0.3 is 14.7 Å². The van der Waals surface area contributed by atoms with E-state index in [1.807, 2.05) is 0 Å². The Morgan fingerprint density at radius 1 is 0.919 bits per heavy atom. The van der Waals surface area contributed by atoms with Gasteiger partial charge in [-0.25, -0.2) is 22.0 Å². The minimum atomic E-state index is -3.34. The van der Waals surface area contributed by atoms with Gasteiger partial charge >= 0.3 is 6.03 Å². The zero-order valence-electron chi connectivity index (χ0n) is 20.2. The molecule has 2 aliphatic heterocycles. The van der Waals surface area contributed by atoms with Crippen molar-refractivity contribution >= 4 is 45.2 Å². The maximum absolute atomic E-state index is 13.8. The van der Waals surface area contributed by atoms with Gasteiger partial charge in [0.15, 0.2) is 11.6 Å². The molecule has 37 heavy (non-hydrogen) atoms. The van der Waals surface area contributed by atoms with Crippen molar-refractivity contribution in [1.29, 1.82) is 0 Å². The van der Waals surface area contributed by atoms with E-state index in [0.717, 1.165) is 24.0 Å². The summed E-state index contributed by atoms with van der Waals surface area (Å²) in [7, 11) is -1.79. The third kappa shape index (κ3) is 5.84. The maximum atomic E-state index is 13.8. The summed E-state index contributed by atoms with van der Waals surface area (Å²) in [6, 6.07) is 7.30. The summed E-state index contributed by atoms with van der Waals surface area (Å²) in [5.74, 6) is -3.04. The molecule has 8 nitrogen and oxygen atoms in total. The lowest BCUT2D eigenvalue weighted by atomic mass is 9.93. The van der Waals surface area contributed by atoms with Crippen molar-refractivity contribution < 1.29 is 26.8 Å². The van der Waals surface area contributed by atoms with Crippen molar-refractivity contribution in [3.05, 3.63) is 69.2 Å². The summed E-state index contributed by atoms with van der Waals surface area (Å²) < 4.78 is 52.2. The van der Waals surface area contributed by atoms with Crippen molar-refractivity contribution in [3.63, 3.8) is 0 Å². The number of benzene rings is 2. The first-order chi connectivity index (χ1) is 17.4. The number of piperazine rings is 1. The fourth-order valence-electron chi connectivity index (χ4n) is 4.80. The Morgan fingerprint density at radius 2 is 1.59 bits per heavy atom. The summed E-state index contributed by atoms with van der Waals surface area (Å²) in [5.41, 5.74) is 0.748. The number of nitrogens with zero attached hydrogens (tertiary/aromatic N) is 4. The highest BCUT2D eigenvalue weighted by atomic mass is 35.5. The first-order valence-electron chi connectivity index (χ1n) is 11.5. The second-order valence-electron chi connectivity index (χ2n) is 9.23. The molecule has 13 heteroatoms. The van der Waals surface area contributed by atoms with Crippen LogP contribution < -0.4 is 0 Å². The SMILES string of the molecule is CN(C(=O)c1ccc(F)c(F)c1)[C@@H]1CN(C(=O)N2CCN(S(C)(=O)=O)CC2)C[C@H]1c1ccc(Cl)c(Cl)c1. The summed E-state index contributed by atoms with van der Waals surface area (Å²) in [4.78, 5) is 31.2. The van der Waals surface area contributed by atoms with Crippen LogP contribution in [0.4, 0.5) is 13.6 Å². The van der Waals surface area contributed by atoms with Crippen molar-refractivity contribution in [2.75, 3.05) is 52.6 Å². The highest BCUT2D eigenvalue weighted by Crippen LogP contribution is 2.35. The second kappa shape index (κ2) is 10.7. The Bertz CT molecular complexity index is 1320. The van der Waals surface area contributed by atoms with Crippen LogP contribution in [0.2, 0.25) is 10.0 Å². The minimum Gasteiger partial charge on any atom is -0.336 e. The van der Waals surface area contributed by atoms with E-state index in [-0.39, 0.29) is 56.8 Å². The minimum absolute atomic E-state index is 0.0176. The number of rotatable bonds is 4. The molecule has 2 atom stereocenters. The van der Waals surface area contributed by atoms with Gasteiger partial charge in [-0.2, -0.15) is 4.31 Å². The van der Waals surface area contributed by atoms with Crippen LogP contribution in [0.5, 0.6) is 0 Å². The van der Waals surface area contributed by atoms with Gasteiger partial charge in [-0.05, 0) is 35.9 Å². The number of likely N-dealkylation sites (tertiary alicyclic amines) is 1. The number of carbonyl (C=O) groups excluding carboxylic acids is 2. The Hall–Kier alpha value is -2.47. The molecule has 200 valence electrons. The van der Waals surface area contributed by atoms with Gasteiger partial charge in [0, 0.05) is 57.8 Å². The van der Waals surface area contributed by atoms with Gasteiger partial charge in [-0.1, -0.05) is 29.3 Å². The molecule has 2 heterocycles. The number of halogens is 4. The molecule has 2 fully saturated rings. The topological polar surface area (TPSA) is 81.2 Å². The van der Waals surface area contributed by atoms with E-state index in [1.54, 1.807) is 35.0 Å². The van der Waals surface area contributed by atoms with Gasteiger partial charge in [0.2, 0.25) is 10.0 Å². The van der Waals surface area contributed by atoms with E-state index in [4.69, 9.17) is 23.2 Å². The number of hydrogen-bond donors (Lipinski definition) is 0. The van der Waals surface area contributed by atoms with Crippen LogP contribution in [0.15, 0.2) is 36.4 Å². The molecule has 0 radical (unpaired) electrons. The number of likely N-dealkylation sites (N-methyl/N-ethyl adjacent to an activating group) is 1. The van der Waals surface area contributed by atoms with Gasteiger partial charge in [0.1, 0.15) is 0 Å². The third-order valence-corrected chi connectivity index (χ3v) is 8.94. The van der Waals surface area contributed by atoms with Gasteiger partial charge in [-0.15, -0.1) is 0 Å².